The minimum atomic E-state index is -0.0387. The van der Waals surface area contributed by atoms with E-state index < -0.39 is 0 Å². The van der Waals surface area contributed by atoms with E-state index in [1.54, 1.807) is 18.2 Å². The molecule has 0 radical (unpaired) electrons. The molecule has 0 bridgehead atoms. The summed E-state index contributed by atoms with van der Waals surface area (Å²) in [4.78, 5) is 25.6. The molecule has 102 valence electrons. The first-order valence-corrected chi connectivity index (χ1v) is 6.96. The summed E-state index contributed by atoms with van der Waals surface area (Å²) in [5.41, 5.74) is 0.482. The van der Waals surface area contributed by atoms with Gasteiger partial charge in [0.05, 0.1) is 11.6 Å². The largest absolute Gasteiger partial charge is 0.299 e. The fourth-order valence-corrected chi connectivity index (χ4v) is 2.76. The summed E-state index contributed by atoms with van der Waals surface area (Å²) in [6.07, 6.45) is 0.517. The van der Waals surface area contributed by atoms with Gasteiger partial charge < -0.3 is 0 Å². The highest BCUT2D eigenvalue weighted by molar-refractivity contribution is 6.36. The normalized spacial score (nSPS) is 20.6. The van der Waals surface area contributed by atoms with Crippen molar-refractivity contribution in [1.82, 2.24) is 4.90 Å². The quantitative estimate of drug-likeness (QED) is 0.805. The highest BCUT2D eigenvalue weighted by Gasteiger charge is 2.25. The number of nitrogens with zero attached hydrogens (tertiary/aromatic N) is 1. The van der Waals surface area contributed by atoms with Crippen LogP contribution in [0.4, 0.5) is 0 Å². The van der Waals surface area contributed by atoms with Gasteiger partial charge in [-0.05, 0) is 18.2 Å². The SMILES string of the molecule is CC1CN(CC(=O)c2ccc(Cl)cc2Cl)CCC1=O. The zero-order chi connectivity index (χ0) is 14.0. The van der Waals surface area contributed by atoms with Gasteiger partial charge in [0, 0.05) is 36.0 Å². The van der Waals surface area contributed by atoms with Crippen LogP contribution in [0.25, 0.3) is 0 Å². The zero-order valence-corrected chi connectivity index (χ0v) is 12.2. The molecular weight excluding hydrogens is 285 g/mol. The Morgan fingerprint density at radius 2 is 2.16 bits per heavy atom. The van der Waals surface area contributed by atoms with Crippen LogP contribution in [0.5, 0.6) is 0 Å². The third-order valence-corrected chi connectivity index (χ3v) is 3.90. The summed E-state index contributed by atoms with van der Waals surface area (Å²) in [5.74, 6) is 0.235. The second-order valence-corrected chi connectivity index (χ2v) is 5.74. The van der Waals surface area contributed by atoms with E-state index in [9.17, 15) is 9.59 Å². The maximum atomic E-state index is 12.2. The average Bonchev–Trinajstić information content (AvgIpc) is 2.33. The van der Waals surface area contributed by atoms with E-state index in [1.807, 2.05) is 11.8 Å². The van der Waals surface area contributed by atoms with Crippen molar-refractivity contribution >= 4 is 34.8 Å². The number of carbonyl (C=O) groups excluding carboxylic acids is 2. The fourth-order valence-electron chi connectivity index (χ4n) is 2.24. The predicted octanol–water partition coefficient (Wildman–Crippen LogP) is 3.09. The molecule has 1 aromatic carbocycles. The van der Waals surface area contributed by atoms with Crippen LogP contribution in [0.2, 0.25) is 10.0 Å². The Hall–Kier alpha value is -0.900. The summed E-state index contributed by atoms with van der Waals surface area (Å²) >= 11 is 11.8. The molecule has 0 N–H and O–H groups in total. The molecule has 1 aromatic rings. The number of rotatable bonds is 3. The van der Waals surface area contributed by atoms with Crippen LogP contribution in [0.1, 0.15) is 23.7 Å². The lowest BCUT2D eigenvalue weighted by atomic mass is 9.98. The molecule has 1 fully saturated rings. The Labute approximate surface area is 122 Å². The first-order valence-electron chi connectivity index (χ1n) is 6.20. The molecule has 5 heteroatoms. The van der Waals surface area contributed by atoms with Crippen molar-refractivity contribution in [2.75, 3.05) is 19.6 Å². The van der Waals surface area contributed by atoms with Crippen molar-refractivity contribution in [3.8, 4) is 0 Å². The van der Waals surface area contributed by atoms with Gasteiger partial charge in [-0.25, -0.2) is 0 Å². The monoisotopic (exact) mass is 299 g/mol. The van der Waals surface area contributed by atoms with Crippen molar-refractivity contribution < 1.29 is 9.59 Å². The second-order valence-electron chi connectivity index (χ2n) is 4.90. The molecule has 2 rings (SSSR count). The molecule has 0 spiro atoms. The van der Waals surface area contributed by atoms with Crippen molar-refractivity contribution in [2.45, 2.75) is 13.3 Å². The highest BCUT2D eigenvalue weighted by atomic mass is 35.5. The second kappa shape index (κ2) is 6.04. The molecule has 0 amide bonds. The van der Waals surface area contributed by atoms with Crippen LogP contribution in [-0.2, 0) is 4.79 Å². The van der Waals surface area contributed by atoms with Crippen LogP contribution in [0, 0.1) is 5.92 Å². The van der Waals surface area contributed by atoms with E-state index in [-0.39, 0.29) is 17.5 Å². The Morgan fingerprint density at radius 1 is 1.42 bits per heavy atom. The van der Waals surface area contributed by atoms with Crippen LogP contribution >= 0.6 is 23.2 Å². The number of likely N-dealkylation sites (tertiary alicyclic amines) is 1. The fraction of sp³-hybridized carbons (Fsp3) is 0.429. The van der Waals surface area contributed by atoms with Crippen molar-refractivity contribution in [3.05, 3.63) is 33.8 Å². The number of carbonyl (C=O) groups is 2. The first kappa shape index (κ1) is 14.5. The van der Waals surface area contributed by atoms with Gasteiger partial charge >= 0.3 is 0 Å². The number of hydrogen-bond donors (Lipinski definition) is 0. The van der Waals surface area contributed by atoms with Gasteiger partial charge in [-0.2, -0.15) is 0 Å². The summed E-state index contributed by atoms with van der Waals surface area (Å²) in [5, 5.41) is 0.886. The number of benzene rings is 1. The summed E-state index contributed by atoms with van der Waals surface area (Å²) in [6, 6.07) is 4.87. The maximum absolute atomic E-state index is 12.2. The van der Waals surface area contributed by atoms with Gasteiger partial charge in [0.15, 0.2) is 5.78 Å². The lowest BCUT2D eigenvalue weighted by Crippen LogP contribution is -2.42. The lowest BCUT2D eigenvalue weighted by molar-refractivity contribution is -0.125. The van der Waals surface area contributed by atoms with Gasteiger partial charge in [0.2, 0.25) is 0 Å². The highest BCUT2D eigenvalue weighted by Crippen LogP contribution is 2.22. The van der Waals surface area contributed by atoms with E-state index in [2.05, 4.69) is 0 Å². The molecule has 19 heavy (non-hydrogen) atoms. The van der Waals surface area contributed by atoms with Crippen molar-refractivity contribution in [2.24, 2.45) is 5.92 Å². The van der Waals surface area contributed by atoms with Crippen LogP contribution < -0.4 is 0 Å². The molecule has 1 unspecified atom stereocenters. The van der Waals surface area contributed by atoms with Crippen molar-refractivity contribution in [1.29, 1.82) is 0 Å². The predicted molar refractivity (Wildman–Crippen MR) is 76.0 cm³/mol. The molecule has 0 aliphatic carbocycles. The number of ketones is 2. The Morgan fingerprint density at radius 3 is 2.79 bits per heavy atom. The third-order valence-electron chi connectivity index (χ3n) is 3.35. The zero-order valence-electron chi connectivity index (χ0n) is 10.7. The molecular formula is C14H15Cl2NO2. The maximum Gasteiger partial charge on any atom is 0.178 e. The molecule has 1 aliphatic rings. The minimum absolute atomic E-state index is 0.00207. The van der Waals surface area contributed by atoms with Crippen molar-refractivity contribution in [3.63, 3.8) is 0 Å². The van der Waals surface area contributed by atoms with E-state index in [1.165, 1.54) is 0 Å². The topological polar surface area (TPSA) is 37.4 Å². The Kier molecular flexibility index (Phi) is 4.61. The molecule has 1 aliphatic heterocycles. The van der Waals surface area contributed by atoms with Gasteiger partial charge in [-0.3, -0.25) is 14.5 Å². The standard InChI is InChI=1S/C14H15Cl2NO2/c1-9-7-17(5-4-13(9)18)8-14(19)11-3-2-10(15)6-12(11)16/h2-3,6,9H,4-5,7-8H2,1H3. The van der Waals surface area contributed by atoms with Gasteiger partial charge in [-0.1, -0.05) is 30.1 Å². The Bertz CT molecular complexity index is 516. The number of halogens is 2. The smallest absolute Gasteiger partial charge is 0.178 e. The first-order chi connectivity index (χ1) is 8.97. The summed E-state index contributed by atoms with van der Waals surface area (Å²) in [7, 11) is 0. The Balaban J connectivity index is 2.03. The number of Topliss-reactive ketones (excluding diaryl/α,β-unsaturated/α-hetero) is 2. The minimum Gasteiger partial charge on any atom is -0.299 e. The van der Waals surface area contributed by atoms with E-state index in [0.29, 0.717) is 41.7 Å². The van der Waals surface area contributed by atoms with Crippen LogP contribution in [0.15, 0.2) is 18.2 Å². The third kappa shape index (κ3) is 3.56. The van der Waals surface area contributed by atoms with Crippen LogP contribution in [0.3, 0.4) is 0 Å². The van der Waals surface area contributed by atoms with Gasteiger partial charge in [0.25, 0.3) is 0 Å². The lowest BCUT2D eigenvalue weighted by Gasteiger charge is -2.29. The number of piperidine rings is 1. The van der Waals surface area contributed by atoms with E-state index in [4.69, 9.17) is 23.2 Å². The molecule has 1 saturated heterocycles. The van der Waals surface area contributed by atoms with Gasteiger partial charge in [0.1, 0.15) is 5.78 Å². The van der Waals surface area contributed by atoms with Crippen LogP contribution in [-0.4, -0.2) is 36.1 Å². The molecule has 0 saturated carbocycles. The summed E-state index contributed by atoms with van der Waals surface area (Å²) in [6.45, 7) is 3.46. The summed E-state index contributed by atoms with van der Waals surface area (Å²) < 4.78 is 0. The van der Waals surface area contributed by atoms with E-state index in [0.717, 1.165) is 0 Å². The number of hydrogen-bond acceptors (Lipinski definition) is 3. The molecule has 0 aromatic heterocycles. The van der Waals surface area contributed by atoms with E-state index >= 15 is 0 Å². The molecule has 3 nitrogen and oxygen atoms in total. The van der Waals surface area contributed by atoms with Gasteiger partial charge in [-0.15, -0.1) is 0 Å². The average molecular weight is 300 g/mol. The molecule has 1 heterocycles. The molecule has 1 atom stereocenters.